The van der Waals surface area contributed by atoms with E-state index in [1.54, 1.807) is 0 Å². The summed E-state index contributed by atoms with van der Waals surface area (Å²) in [6.45, 7) is 4.16. The maximum Gasteiger partial charge on any atom is 0.122 e. The predicted molar refractivity (Wildman–Crippen MR) is 64.4 cm³/mol. The molecular formula is C14H16O. The lowest BCUT2D eigenvalue weighted by Crippen LogP contribution is -1.90. The zero-order valence-electron chi connectivity index (χ0n) is 9.25. The van der Waals surface area contributed by atoms with Gasteiger partial charge in [-0.15, -0.1) is 0 Å². The van der Waals surface area contributed by atoms with E-state index in [1.807, 2.05) is 12.1 Å². The molecule has 0 atom stereocenters. The van der Waals surface area contributed by atoms with Gasteiger partial charge in [-0.2, -0.15) is 0 Å². The predicted octanol–water partition coefficient (Wildman–Crippen LogP) is 3.67. The molecule has 2 rings (SSSR count). The summed E-state index contributed by atoms with van der Waals surface area (Å²) in [6.07, 6.45) is 1.75. The van der Waals surface area contributed by atoms with Crippen LogP contribution in [0.1, 0.15) is 25.0 Å². The maximum absolute atomic E-state index is 10.1. The molecule has 2 aromatic carbocycles. The average molecular weight is 200 g/mol. The molecule has 0 unspecified atom stereocenters. The van der Waals surface area contributed by atoms with Gasteiger partial charge in [-0.1, -0.05) is 38.1 Å². The van der Waals surface area contributed by atoms with E-state index in [4.69, 9.17) is 0 Å². The second kappa shape index (κ2) is 3.93. The lowest BCUT2D eigenvalue weighted by molar-refractivity contribution is 0.463. The molecule has 0 aliphatic rings. The number of hydrogen-bond acceptors (Lipinski definition) is 1. The summed E-state index contributed by atoms with van der Waals surface area (Å²) in [6, 6.07) is 10.3. The SMILES string of the molecule is CCc1cc2ccccc2c(CC)c1O. The molecule has 1 N–H and O–H groups in total. The fourth-order valence-corrected chi connectivity index (χ4v) is 2.10. The van der Waals surface area contributed by atoms with E-state index < -0.39 is 0 Å². The molecule has 0 bridgehead atoms. The monoisotopic (exact) mass is 200 g/mol. The molecule has 0 aromatic heterocycles. The van der Waals surface area contributed by atoms with Crippen LogP contribution in [-0.2, 0) is 12.8 Å². The van der Waals surface area contributed by atoms with Crippen molar-refractivity contribution in [2.45, 2.75) is 26.7 Å². The van der Waals surface area contributed by atoms with Crippen LogP contribution in [0.2, 0.25) is 0 Å². The van der Waals surface area contributed by atoms with Gasteiger partial charge in [-0.3, -0.25) is 0 Å². The molecule has 0 radical (unpaired) electrons. The van der Waals surface area contributed by atoms with E-state index in [2.05, 4.69) is 32.0 Å². The first kappa shape index (κ1) is 10.0. The van der Waals surface area contributed by atoms with E-state index in [9.17, 15) is 5.11 Å². The topological polar surface area (TPSA) is 20.2 Å². The molecule has 78 valence electrons. The Morgan fingerprint density at radius 1 is 1.07 bits per heavy atom. The van der Waals surface area contributed by atoms with E-state index in [0.717, 1.165) is 24.0 Å². The van der Waals surface area contributed by atoms with Gasteiger partial charge in [0.05, 0.1) is 0 Å². The average Bonchev–Trinajstić information content (AvgIpc) is 2.28. The van der Waals surface area contributed by atoms with Crippen molar-refractivity contribution in [1.82, 2.24) is 0 Å². The van der Waals surface area contributed by atoms with Crippen molar-refractivity contribution >= 4 is 10.8 Å². The maximum atomic E-state index is 10.1. The molecule has 0 saturated carbocycles. The van der Waals surface area contributed by atoms with E-state index >= 15 is 0 Å². The van der Waals surface area contributed by atoms with E-state index in [0.29, 0.717) is 5.75 Å². The van der Waals surface area contributed by atoms with Crippen LogP contribution < -0.4 is 0 Å². The fraction of sp³-hybridized carbons (Fsp3) is 0.286. The third kappa shape index (κ3) is 1.58. The first-order valence-electron chi connectivity index (χ1n) is 5.50. The van der Waals surface area contributed by atoms with Crippen molar-refractivity contribution in [3.05, 3.63) is 41.5 Å². The lowest BCUT2D eigenvalue weighted by Gasteiger charge is -2.11. The van der Waals surface area contributed by atoms with Crippen LogP contribution in [-0.4, -0.2) is 5.11 Å². The summed E-state index contributed by atoms with van der Waals surface area (Å²) in [7, 11) is 0. The summed E-state index contributed by atoms with van der Waals surface area (Å²) >= 11 is 0. The molecule has 0 spiro atoms. The number of hydrogen-bond donors (Lipinski definition) is 1. The van der Waals surface area contributed by atoms with Crippen molar-refractivity contribution < 1.29 is 5.11 Å². The van der Waals surface area contributed by atoms with Crippen LogP contribution in [0.15, 0.2) is 30.3 Å². The Kier molecular flexibility index (Phi) is 2.63. The zero-order valence-corrected chi connectivity index (χ0v) is 9.25. The molecule has 0 saturated heterocycles. The number of phenolic OH excluding ortho intramolecular Hbond substituents is 1. The van der Waals surface area contributed by atoms with Gasteiger partial charge < -0.3 is 5.11 Å². The third-order valence-electron chi connectivity index (χ3n) is 2.94. The minimum Gasteiger partial charge on any atom is -0.507 e. The Morgan fingerprint density at radius 3 is 2.47 bits per heavy atom. The molecule has 0 heterocycles. The Bertz CT molecular complexity index is 486. The normalized spacial score (nSPS) is 10.8. The van der Waals surface area contributed by atoms with Gasteiger partial charge in [0.1, 0.15) is 5.75 Å². The molecule has 0 aliphatic heterocycles. The Balaban J connectivity index is 2.83. The van der Waals surface area contributed by atoms with E-state index in [-0.39, 0.29) is 0 Å². The quantitative estimate of drug-likeness (QED) is 0.784. The van der Waals surface area contributed by atoms with Crippen molar-refractivity contribution in [1.29, 1.82) is 0 Å². The number of aryl methyl sites for hydroxylation is 2. The summed E-state index contributed by atoms with van der Waals surface area (Å²) < 4.78 is 0. The number of benzene rings is 2. The van der Waals surface area contributed by atoms with Crippen LogP contribution >= 0.6 is 0 Å². The smallest absolute Gasteiger partial charge is 0.122 e. The second-order valence-corrected chi connectivity index (χ2v) is 3.79. The number of rotatable bonds is 2. The number of phenols is 1. The summed E-state index contributed by atoms with van der Waals surface area (Å²) in [5.41, 5.74) is 2.12. The number of aromatic hydroxyl groups is 1. The Labute approximate surface area is 90.4 Å². The van der Waals surface area contributed by atoms with Crippen molar-refractivity contribution in [3.8, 4) is 5.75 Å². The first-order chi connectivity index (χ1) is 7.27. The lowest BCUT2D eigenvalue weighted by atomic mass is 9.97. The summed E-state index contributed by atoms with van der Waals surface area (Å²) in [5.74, 6) is 0.485. The zero-order chi connectivity index (χ0) is 10.8. The Morgan fingerprint density at radius 2 is 1.80 bits per heavy atom. The Hall–Kier alpha value is -1.50. The van der Waals surface area contributed by atoms with Gasteiger partial charge in [0.15, 0.2) is 0 Å². The van der Waals surface area contributed by atoms with Crippen LogP contribution in [0, 0.1) is 0 Å². The molecular weight excluding hydrogens is 184 g/mol. The van der Waals surface area contributed by atoms with E-state index in [1.165, 1.54) is 10.8 Å². The van der Waals surface area contributed by atoms with Crippen molar-refractivity contribution in [2.24, 2.45) is 0 Å². The minimum absolute atomic E-state index is 0.485. The first-order valence-corrected chi connectivity index (χ1v) is 5.50. The van der Waals surface area contributed by atoms with Crippen LogP contribution in [0.25, 0.3) is 10.8 Å². The van der Waals surface area contributed by atoms with Crippen LogP contribution in [0.5, 0.6) is 5.75 Å². The standard InChI is InChI=1S/C14H16O/c1-3-10-9-11-7-5-6-8-13(11)12(4-2)14(10)15/h5-9,15H,3-4H2,1-2H3. The summed E-state index contributed by atoms with van der Waals surface area (Å²) in [5, 5.41) is 12.5. The second-order valence-electron chi connectivity index (χ2n) is 3.79. The van der Waals surface area contributed by atoms with Gasteiger partial charge in [0.2, 0.25) is 0 Å². The molecule has 1 heteroatoms. The summed E-state index contributed by atoms with van der Waals surface area (Å²) in [4.78, 5) is 0. The van der Waals surface area contributed by atoms with Gasteiger partial charge >= 0.3 is 0 Å². The number of fused-ring (bicyclic) bond motifs is 1. The highest BCUT2D eigenvalue weighted by Gasteiger charge is 2.09. The molecule has 2 aromatic rings. The minimum atomic E-state index is 0.485. The van der Waals surface area contributed by atoms with Crippen LogP contribution in [0.3, 0.4) is 0 Å². The molecule has 0 fully saturated rings. The van der Waals surface area contributed by atoms with Crippen molar-refractivity contribution in [3.63, 3.8) is 0 Å². The highest BCUT2D eigenvalue weighted by Crippen LogP contribution is 2.31. The van der Waals surface area contributed by atoms with Gasteiger partial charge in [-0.05, 0) is 35.2 Å². The van der Waals surface area contributed by atoms with Gasteiger partial charge in [0, 0.05) is 5.56 Å². The van der Waals surface area contributed by atoms with Crippen molar-refractivity contribution in [2.75, 3.05) is 0 Å². The fourth-order valence-electron chi connectivity index (χ4n) is 2.10. The van der Waals surface area contributed by atoms with Crippen LogP contribution in [0.4, 0.5) is 0 Å². The molecule has 15 heavy (non-hydrogen) atoms. The third-order valence-corrected chi connectivity index (χ3v) is 2.94. The molecule has 0 aliphatic carbocycles. The van der Waals surface area contributed by atoms with Gasteiger partial charge in [0.25, 0.3) is 0 Å². The highest BCUT2D eigenvalue weighted by molar-refractivity contribution is 5.88. The molecule has 1 nitrogen and oxygen atoms in total. The molecule has 0 amide bonds. The van der Waals surface area contributed by atoms with Gasteiger partial charge in [-0.25, -0.2) is 0 Å². The highest BCUT2D eigenvalue weighted by atomic mass is 16.3. The largest absolute Gasteiger partial charge is 0.507 e.